The van der Waals surface area contributed by atoms with Gasteiger partial charge in [-0.15, -0.1) is 0 Å². The fourth-order valence-corrected chi connectivity index (χ4v) is 2.33. The maximum absolute atomic E-state index is 6.20. The van der Waals surface area contributed by atoms with Crippen LogP contribution in [0.2, 0.25) is 0 Å². The minimum absolute atomic E-state index is 0.0729. The van der Waals surface area contributed by atoms with Crippen molar-refractivity contribution in [3.63, 3.8) is 0 Å². The topological polar surface area (TPSA) is 42.1 Å². The van der Waals surface area contributed by atoms with Crippen molar-refractivity contribution >= 4 is 0 Å². The van der Waals surface area contributed by atoms with Gasteiger partial charge in [0.25, 0.3) is 0 Å². The molecule has 1 fully saturated rings. The molecule has 1 aliphatic rings. The normalized spacial score (nSPS) is 19.9. The molecule has 0 aromatic carbocycles. The predicted octanol–water partition coefficient (Wildman–Crippen LogP) is 1.39. The van der Waals surface area contributed by atoms with Crippen molar-refractivity contribution in [1.82, 2.24) is 9.88 Å². The molecule has 0 unspecified atom stereocenters. The van der Waals surface area contributed by atoms with Gasteiger partial charge in [0, 0.05) is 31.4 Å². The number of likely N-dealkylation sites (tertiary alicyclic amines) is 1. The van der Waals surface area contributed by atoms with Crippen molar-refractivity contribution in [2.24, 2.45) is 5.73 Å². The van der Waals surface area contributed by atoms with Gasteiger partial charge in [-0.05, 0) is 18.6 Å². The first-order chi connectivity index (χ1) is 7.22. The molecule has 15 heavy (non-hydrogen) atoms. The molecule has 2 heterocycles. The Morgan fingerprint density at radius 3 is 2.87 bits per heavy atom. The highest BCUT2D eigenvalue weighted by atomic mass is 15.2. The fourth-order valence-electron chi connectivity index (χ4n) is 2.33. The van der Waals surface area contributed by atoms with Crippen LogP contribution in [0, 0.1) is 0 Å². The van der Waals surface area contributed by atoms with Gasteiger partial charge >= 0.3 is 0 Å². The lowest BCUT2D eigenvalue weighted by Crippen LogP contribution is -2.66. The molecule has 0 saturated carbocycles. The predicted molar refractivity (Wildman–Crippen MR) is 61.3 cm³/mol. The van der Waals surface area contributed by atoms with Gasteiger partial charge < -0.3 is 5.73 Å². The Morgan fingerprint density at radius 1 is 1.47 bits per heavy atom. The second-order valence-corrected chi connectivity index (χ2v) is 4.58. The first kappa shape index (κ1) is 10.6. The first-order valence-corrected chi connectivity index (χ1v) is 5.63. The average molecular weight is 205 g/mol. The summed E-state index contributed by atoms with van der Waals surface area (Å²) in [6.07, 6.45) is 4.15. The van der Waals surface area contributed by atoms with E-state index >= 15 is 0 Å². The highest BCUT2D eigenvalue weighted by Crippen LogP contribution is 2.24. The number of aromatic nitrogens is 1. The van der Waals surface area contributed by atoms with E-state index in [0.29, 0.717) is 0 Å². The van der Waals surface area contributed by atoms with Crippen LogP contribution in [0.3, 0.4) is 0 Å². The van der Waals surface area contributed by atoms with E-state index in [9.17, 15) is 0 Å². The summed E-state index contributed by atoms with van der Waals surface area (Å²) < 4.78 is 0. The number of nitrogens with two attached hydrogens (primary N) is 1. The van der Waals surface area contributed by atoms with Gasteiger partial charge in [0.1, 0.15) is 0 Å². The van der Waals surface area contributed by atoms with Crippen LogP contribution in [0.1, 0.15) is 25.5 Å². The zero-order chi connectivity index (χ0) is 10.7. The SMILES string of the molecule is CCCC1(N)CN(Cc2ccccn2)C1. The number of hydrogen-bond acceptors (Lipinski definition) is 3. The van der Waals surface area contributed by atoms with Gasteiger partial charge in [-0.25, -0.2) is 0 Å². The van der Waals surface area contributed by atoms with Gasteiger partial charge in [-0.3, -0.25) is 9.88 Å². The maximum atomic E-state index is 6.20. The van der Waals surface area contributed by atoms with Gasteiger partial charge in [-0.2, -0.15) is 0 Å². The van der Waals surface area contributed by atoms with Gasteiger partial charge in [0.05, 0.1) is 5.69 Å². The summed E-state index contributed by atoms with van der Waals surface area (Å²) in [6.45, 7) is 5.15. The van der Waals surface area contributed by atoms with Gasteiger partial charge in [0.15, 0.2) is 0 Å². The molecule has 1 saturated heterocycles. The summed E-state index contributed by atoms with van der Waals surface area (Å²) in [7, 11) is 0. The fraction of sp³-hybridized carbons (Fsp3) is 0.583. The zero-order valence-corrected chi connectivity index (χ0v) is 9.32. The Bertz CT molecular complexity index is 304. The van der Waals surface area contributed by atoms with E-state index in [2.05, 4.69) is 22.9 Å². The van der Waals surface area contributed by atoms with Crippen LogP contribution in [-0.4, -0.2) is 28.5 Å². The summed E-state index contributed by atoms with van der Waals surface area (Å²) >= 11 is 0. The van der Waals surface area contributed by atoms with E-state index in [1.165, 1.54) is 6.42 Å². The van der Waals surface area contributed by atoms with Crippen LogP contribution in [0.15, 0.2) is 24.4 Å². The molecule has 2 rings (SSSR count). The largest absolute Gasteiger partial charge is 0.323 e. The summed E-state index contributed by atoms with van der Waals surface area (Å²) in [6, 6.07) is 6.05. The molecule has 1 aromatic heterocycles. The third-order valence-corrected chi connectivity index (χ3v) is 2.94. The number of pyridine rings is 1. The molecular formula is C12H19N3. The van der Waals surface area contributed by atoms with Gasteiger partial charge in [0.2, 0.25) is 0 Å². The second-order valence-electron chi connectivity index (χ2n) is 4.58. The van der Waals surface area contributed by atoms with Crippen molar-refractivity contribution in [3.8, 4) is 0 Å². The molecule has 1 aromatic rings. The zero-order valence-electron chi connectivity index (χ0n) is 9.32. The van der Waals surface area contributed by atoms with E-state index in [-0.39, 0.29) is 5.54 Å². The van der Waals surface area contributed by atoms with E-state index in [4.69, 9.17) is 5.73 Å². The van der Waals surface area contributed by atoms with Crippen molar-refractivity contribution in [3.05, 3.63) is 30.1 Å². The number of nitrogens with zero attached hydrogens (tertiary/aromatic N) is 2. The average Bonchev–Trinajstić information content (AvgIpc) is 2.17. The van der Waals surface area contributed by atoms with Crippen molar-refractivity contribution in [2.75, 3.05) is 13.1 Å². The quantitative estimate of drug-likeness (QED) is 0.807. The van der Waals surface area contributed by atoms with E-state index < -0.39 is 0 Å². The van der Waals surface area contributed by atoms with E-state index in [1.54, 1.807) is 0 Å². The third-order valence-electron chi connectivity index (χ3n) is 2.94. The van der Waals surface area contributed by atoms with Crippen molar-refractivity contribution in [1.29, 1.82) is 0 Å². The lowest BCUT2D eigenvalue weighted by molar-refractivity contribution is 0.0556. The summed E-state index contributed by atoms with van der Waals surface area (Å²) in [5.41, 5.74) is 7.40. The standard InChI is InChI=1S/C12H19N3/c1-2-6-12(13)9-15(10-12)8-11-5-3-4-7-14-11/h3-5,7H,2,6,8-10,13H2,1H3. The molecule has 0 spiro atoms. The van der Waals surface area contributed by atoms with Crippen LogP contribution < -0.4 is 5.73 Å². The van der Waals surface area contributed by atoms with Crippen molar-refractivity contribution < 1.29 is 0 Å². The van der Waals surface area contributed by atoms with Crippen LogP contribution in [0.5, 0.6) is 0 Å². The third kappa shape index (κ3) is 2.55. The molecule has 2 N–H and O–H groups in total. The molecule has 3 nitrogen and oxygen atoms in total. The molecule has 0 atom stereocenters. The minimum Gasteiger partial charge on any atom is -0.323 e. The van der Waals surface area contributed by atoms with Crippen LogP contribution in [-0.2, 0) is 6.54 Å². The highest BCUT2D eigenvalue weighted by Gasteiger charge is 2.38. The van der Waals surface area contributed by atoms with Crippen molar-refractivity contribution in [2.45, 2.75) is 31.8 Å². The molecule has 1 aliphatic heterocycles. The van der Waals surface area contributed by atoms with E-state index in [1.807, 2.05) is 18.3 Å². The minimum atomic E-state index is 0.0729. The van der Waals surface area contributed by atoms with Crippen LogP contribution in [0.25, 0.3) is 0 Å². The first-order valence-electron chi connectivity index (χ1n) is 5.63. The van der Waals surface area contributed by atoms with Gasteiger partial charge in [-0.1, -0.05) is 19.4 Å². The Morgan fingerprint density at radius 2 is 2.27 bits per heavy atom. The lowest BCUT2D eigenvalue weighted by Gasteiger charge is -2.47. The molecular weight excluding hydrogens is 186 g/mol. The Hall–Kier alpha value is -0.930. The van der Waals surface area contributed by atoms with E-state index in [0.717, 1.165) is 31.7 Å². The molecule has 82 valence electrons. The molecule has 0 aliphatic carbocycles. The number of hydrogen-bond donors (Lipinski definition) is 1. The summed E-state index contributed by atoms with van der Waals surface area (Å²) in [5.74, 6) is 0. The maximum Gasteiger partial charge on any atom is 0.0543 e. The highest BCUT2D eigenvalue weighted by molar-refractivity contribution is 5.07. The smallest absolute Gasteiger partial charge is 0.0543 e. The molecule has 0 radical (unpaired) electrons. The van der Waals surface area contributed by atoms with Crippen LogP contribution in [0.4, 0.5) is 0 Å². The van der Waals surface area contributed by atoms with Crippen LogP contribution >= 0.6 is 0 Å². The molecule has 0 amide bonds. The number of rotatable bonds is 4. The second kappa shape index (κ2) is 4.29. The molecule has 0 bridgehead atoms. The Kier molecular flexibility index (Phi) is 3.03. The molecule has 3 heteroatoms. The monoisotopic (exact) mass is 205 g/mol. The Labute approximate surface area is 91.3 Å². The lowest BCUT2D eigenvalue weighted by atomic mass is 9.86. The summed E-state index contributed by atoms with van der Waals surface area (Å²) in [5, 5.41) is 0. The summed E-state index contributed by atoms with van der Waals surface area (Å²) in [4.78, 5) is 6.67. The Balaban J connectivity index is 1.81.